The molecule has 0 aliphatic carbocycles. The molecule has 1 heterocycles. The number of hydrogen-bond donors (Lipinski definition) is 3. The van der Waals surface area contributed by atoms with Crippen molar-refractivity contribution in [3.8, 4) is 0 Å². The van der Waals surface area contributed by atoms with Gasteiger partial charge >= 0.3 is 0 Å². The van der Waals surface area contributed by atoms with Gasteiger partial charge in [-0.2, -0.15) is 0 Å². The zero-order valence-corrected chi connectivity index (χ0v) is 16.7. The minimum atomic E-state index is -3.00. The molecule has 1 saturated heterocycles. The van der Waals surface area contributed by atoms with Gasteiger partial charge in [0.1, 0.15) is 6.54 Å². The van der Waals surface area contributed by atoms with Crippen LogP contribution in [0.3, 0.4) is 0 Å². The molecule has 0 radical (unpaired) electrons. The summed E-state index contributed by atoms with van der Waals surface area (Å²) in [5.41, 5.74) is 5.93. The molecule has 0 bridgehead atoms. The second-order valence-corrected chi connectivity index (χ2v) is 9.79. The number of fused-ring (bicyclic) bond motifs is 1. The van der Waals surface area contributed by atoms with Gasteiger partial charge in [0, 0.05) is 12.0 Å². The molecule has 150 valence electrons. The number of benzene rings is 2. The highest BCUT2D eigenvalue weighted by atomic mass is 32.2. The lowest BCUT2D eigenvalue weighted by Gasteiger charge is -2.15. The van der Waals surface area contributed by atoms with E-state index < -0.39 is 9.84 Å². The van der Waals surface area contributed by atoms with E-state index in [4.69, 9.17) is 0 Å². The minimum Gasteiger partial charge on any atom is -0.326 e. The van der Waals surface area contributed by atoms with E-state index in [1.807, 2.05) is 19.2 Å². The first kappa shape index (κ1) is 20.3. The van der Waals surface area contributed by atoms with E-state index in [9.17, 15) is 18.0 Å². The van der Waals surface area contributed by atoms with Gasteiger partial charge in [0.15, 0.2) is 16.4 Å². The molecule has 0 aromatic heterocycles. The van der Waals surface area contributed by atoms with Crippen LogP contribution in [0.2, 0.25) is 0 Å². The van der Waals surface area contributed by atoms with Gasteiger partial charge in [-0.15, -0.1) is 0 Å². The average molecular weight is 405 g/mol. The summed E-state index contributed by atoms with van der Waals surface area (Å²) in [5, 5.41) is 2.35. The maximum absolute atomic E-state index is 12.1. The Bertz CT molecular complexity index is 974. The van der Waals surface area contributed by atoms with Crippen molar-refractivity contribution in [3.63, 3.8) is 0 Å². The Kier molecular flexibility index (Phi) is 6.31. The van der Waals surface area contributed by atoms with Crippen LogP contribution >= 0.6 is 0 Å². The molecule has 8 heteroatoms. The Morgan fingerprint density at radius 2 is 1.79 bits per heavy atom. The van der Waals surface area contributed by atoms with E-state index in [1.54, 1.807) is 0 Å². The largest absolute Gasteiger partial charge is 0.326 e. The number of hydrazine groups is 1. The standard InChI is InChI=1S/C20H25N3O4S/c1-23(12-15-6-7-17-4-2-3-5-18(17)10-15)13-20(25)22-21-19(24)11-16-8-9-28(26,27)14-16/h2-7,10,16H,8-9,11-14H2,1H3,(H,21,24)(H,22,25)/p+1/t16-/m0/s1. The normalized spacial score (nSPS) is 19.2. The van der Waals surface area contributed by atoms with Crippen molar-refractivity contribution in [2.45, 2.75) is 19.4 Å². The lowest BCUT2D eigenvalue weighted by Crippen LogP contribution is -3.09. The molecule has 2 amide bonds. The quantitative estimate of drug-likeness (QED) is 0.583. The molecule has 7 nitrogen and oxygen atoms in total. The predicted molar refractivity (Wildman–Crippen MR) is 107 cm³/mol. The van der Waals surface area contributed by atoms with Gasteiger partial charge in [-0.05, 0) is 29.2 Å². The summed E-state index contributed by atoms with van der Waals surface area (Å²) in [6.45, 7) is 0.900. The van der Waals surface area contributed by atoms with Crippen LogP contribution in [0, 0.1) is 5.92 Å². The van der Waals surface area contributed by atoms with Crippen LogP contribution in [0.25, 0.3) is 10.8 Å². The molecular formula is C20H26N3O4S+. The van der Waals surface area contributed by atoms with Crippen LogP contribution in [-0.4, -0.2) is 45.3 Å². The molecule has 28 heavy (non-hydrogen) atoms. The first-order valence-electron chi connectivity index (χ1n) is 9.38. The summed E-state index contributed by atoms with van der Waals surface area (Å²) < 4.78 is 22.9. The van der Waals surface area contributed by atoms with Crippen molar-refractivity contribution in [3.05, 3.63) is 48.0 Å². The number of nitrogens with one attached hydrogen (secondary N) is 3. The number of hydrogen-bond acceptors (Lipinski definition) is 4. The third-order valence-corrected chi connectivity index (χ3v) is 6.76. The highest BCUT2D eigenvalue weighted by molar-refractivity contribution is 7.91. The van der Waals surface area contributed by atoms with Gasteiger partial charge in [-0.1, -0.05) is 36.4 Å². The van der Waals surface area contributed by atoms with E-state index in [-0.39, 0.29) is 42.2 Å². The topological polar surface area (TPSA) is 96.8 Å². The number of sulfone groups is 1. The number of amides is 2. The molecule has 1 fully saturated rings. The molecular weight excluding hydrogens is 378 g/mol. The number of quaternary nitrogens is 1. The average Bonchev–Trinajstić information content (AvgIpc) is 2.98. The summed E-state index contributed by atoms with van der Waals surface area (Å²) in [5.74, 6) is -0.621. The zero-order chi connectivity index (χ0) is 20.1. The Morgan fingerprint density at radius 3 is 2.50 bits per heavy atom. The molecule has 2 atom stereocenters. The summed E-state index contributed by atoms with van der Waals surface area (Å²) >= 11 is 0. The molecule has 3 rings (SSSR count). The zero-order valence-electron chi connectivity index (χ0n) is 15.9. The summed E-state index contributed by atoms with van der Waals surface area (Å²) in [4.78, 5) is 24.9. The summed E-state index contributed by atoms with van der Waals surface area (Å²) in [7, 11) is -1.09. The maximum Gasteiger partial charge on any atom is 0.293 e. The molecule has 1 unspecified atom stereocenters. The van der Waals surface area contributed by atoms with Gasteiger partial charge in [0.2, 0.25) is 5.91 Å². The van der Waals surface area contributed by atoms with Crippen molar-refractivity contribution >= 4 is 32.4 Å². The van der Waals surface area contributed by atoms with E-state index >= 15 is 0 Å². The Morgan fingerprint density at radius 1 is 1.07 bits per heavy atom. The summed E-state index contributed by atoms with van der Waals surface area (Å²) in [6, 6.07) is 14.4. The van der Waals surface area contributed by atoms with Gasteiger partial charge < -0.3 is 4.90 Å². The minimum absolute atomic E-state index is 0.0486. The van der Waals surface area contributed by atoms with E-state index in [1.165, 1.54) is 10.8 Å². The Labute approximate surface area is 165 Å². The van der Waals surface area contributed by atoms with E-state index in [0.29, 0.717) is 13.0 Å². The second-order valence-electron chi connectivity index (χ2n) is 7.56. The van der Waals surface area contributed by atoms with Crippen molar-refractivity contribution in [1.82, 2.24) is 10.9 Å². The predicted octanol–water partition coefficient (Wildman–Crippen LogP) is -0.173. The van der Waals surface area contributed by atoms with Gasteiger partial charge in [0.25, 0.3) is 5.91 Å². The Balaban J connectivity index is 1.41. The van der Waals surface area contributed by atoms with Crippen LogP contribution < -0.4 is 15.8 Å². The monoisotopic (exact) mass is 404 g/mol. The van der Waals surface area contributed by atoms with Crippen LogP contribution in [0.4, 0.5) is 0 Å². The van der Waals surface area contributed by atoms with Gasteiger partial charge in [-0.3, -0.25) is 20.4 Å². The summed E-state index contributed by atoms with van der Waals surface area (Å²) in [6.07, 6.45) is 0.613. The third-order valence-electron chi connectivity index (χ3n) is 4.92. The molecule has 2 aromatic carbocycles. The van der Waals surface area contributed by atoms with Crippen molar-refractivity contribution < 1.29 is 22.9 Å². The van der Waals surface area contributed by atoms with Gasteiger partial charge in [-0.25, -0.2) is 8.42 Å². The third kappa shape index (κ3) is 5.77. The van der Waals surface area contributed by atoms with Crippen molar-refractivity contribution in [1.29, 1.82) is 0 Å². The highest BCUT2D eigenvalue weighted by Crippen LogP contribution is 2.21. The fraction of sp³-hybridized carbons (Fsp3) is 0.400. The smallest absolute Gasteiger partial charge is 0.293 e. The number of carbonyl (C=O) groups is 2. The van der Waals surface area contributed by atoms with Crippen LogP contribution in [0.15, 0.2) is 42.5 Å². The fourth-order valence-electron chi connectivity index (χ4n) is 3.56. The van der Waals surface area contributed by atoms with Crippen LogP contribution in [0.5, 0.6) is 0 Å². The molecule has 1 aliphatic heterocycles. The molecule has 1 aliphatic rings. The van der Waals surface area contributed by atoms with Crippen molar-refractivity contribution in [2.75, 3.05) is 25.1 Å². The number of carbonyl (C=O) groups excluding carboxylic acids is 2. The SMILES string of the molecule is C[NH+](CC(=O)NNC(=O)C[C@@H]1CCS(=O)(=O)C1)Cc1ccc2ccccc2c1. The lowest BCUT2D eigenvalue weighted by atomic mass is 10.1. The van der Waals surface area contributed by atoms with E-state index in [2.05, 4.69) is 41.2 Å². The maximum atomic E-state index is 12.1. The first-order chi connectivity index (χ1) is 13.3. The van der Waals surface area contributed by atoms with Crippen molar-refractivity contribution in [2.24, 2.45) is 5.92 Å². The fourth-order valence-corrected chi connectivity index (χ4v) is 5.43. The lowest BCUT2D eigenvalue weighted by molar-refractivity contribution is -0.885. The molecule has 2 aromatic rings. The number of rotatable bonds is 6. The molecule has 0 saturated carbocycles. The first-order valence-corrected chi connectivity index (χ1v) is 11.2. The molecule has 3 N–H and O–H groups in total. The van der Waals surface area contributed by atoms with Crippen LogP contribution in [-0.2, 0) is 26.0 Å². The van der Waals surface area contributed by atoms with Crippen LogP contribution in [0.1, 0.15) is 18.4 Å². The second kappa shape index (κ2) is 8.70. The Hall–Kier alpha value is -2.45. The highest BCUT2D eigenvalue weighted by Gasteiger charge is 2.29. The molecule has 0 spiro atoms. The number of likely N-dealkylation sites (N-methyl/N-ethyl adjacent to an activating group) is 1. The van der Waals surface area contributed by atoms with Gasteiger partial charge in [0.05, 0.1) is 18.6 Å². The van der Waals surface area contributed by atoms with E-state index in [0.717, 1.165) is 10.5 Å².